The third-order valence-electron chi connectivity index (χ3n) is 5.32. The molecule has 0 atom stereocenters. The molecule has 1 aliphatic heterocycles. The van der Waals surface area contributed by atoms with Gasteiger partial charge in [-0.3, -0.25) is 0 Å². The summed E-state index contributed by atoms with van der Waals surface area (Å²) in [7, 11) is 0. The zero-order chi connectivity index (χ0) is 18.6. The standard InChI is InChI=1S/C22H28N4O/c1-3-27-17-16-26-21-11-7-5-9-19(21)23-22(26)25-14-12-24(13-15-25)20-10-6-4-8-18(20)2/h4-11H,3,12-17H2,1-2H3. The van der Waals surface area contributed by atoms with E-state index in [0.29, 0.717) is 6.61 Å². The summed E-state index contributed by atoms with van der Waals surface area (Å²) in [6, 6.07) is 17.0. The van der Waals surface area contributed by atoms with Crippen molar-refractivity contribution in [2.24, 2.45) is 0 Å². The van der Waals surface area contributed by atoms with Crippen LogP contribution in [0.5, 0.6) is 0 Å². The highest BCUT2D eigenvalue weighted by Gasteiger charge is 2.23. The molecule has 0 N–H and O–H groups in total. The minimum Gasteiger partial charge on any atom is -0.380 e. The molecule has 1 fully saturated rings. The number of anilines is 2. The van der Waals surface area contributed by atoms with Gasteiger partial charge in [-0.2, -0.15) is 0 Å². The van der Waals surface area contributed by atoms with Gasteiger partial charge in [0.05, 0.1) is 17.6 Å². The fourth-order valence-corrected chi connectivity index (χ4v) is 3.89. The van der Waals surface area contributed by atoms with E-state index in [1.165, 1.54) is 16.8 Å². The van der Waals surface area contributed by atoms with Gasteiger partial charge in [0.2, 0.25) is 5.95 Å². The van der Waals surface area contributed by atoms with Gasteiger partial charge in [0.25, 0.3) is 0 Å². The molecule has 2 heterocycles. The van der Waals surface area contributed by atoms with E-state index in [0.717, 1.165) is 50.8 Å². The highest BCUT2D eigenvalue weighted by molar-refractivity contribution is 5.79. The van der Waals surface area contributed by atoms with E-state index in [9.17, 15) is 0 Å². The molecule has 0 unspecified atom stereocenters. The zero-order valence-electron chi connectivity index (χ0n) is 16.3. The molecule has 0 radical (unpaired) electrons. The highest BCUT2D eigenvalue weighted by atomic mass is 16.5. The van der Waals surface area contributed by atoms with Crippen LogP contribution in [0.4, 0.5) is 11.6 Å². The van der Waals surface area contributed by atoms with Gasteiger partial charge in [-0.25, -0.2) is 4.98 Å². The molecule has 5 nitrogen and oxygen atoms in total. The van der Waals surface area contributed by atoms with Gasteiger partial charge in [0.15, 0.2) is 0 Å². The van der Waals surface area contributed by atoms with Crippen LogP contribution < -0.4 is 9.80 Å². The predicted octanol–water partition coefficient (Wildman–Crippen LogP) is 3.71. The summed E-state index contributed by atoms with van der Waals surface area (Å²) >= 11 is 0. The van der Waals surface area contributed by atoms with Crippen molar-refractivity contribution < 1.29 is 4.74 Å². The Hall–Kier alpha value is -2.53. The van der Waals surface area contributed by atoms with Crippen LogP contribution in [0, 0.1) is 6.92 Å². The minimum atomic E-state index is 0.715. The maximum atomic E-state index is 5.61. The van der Waals surface area contributed by atoms with Crippen LogP contribution >= 0.6 is 0 Å². The van der Waals surface area contributed by atoms with Gasteiger partial charge < -0.3 is 19.1 Å². The number of rotatable bonds is 6. The van der Waals surface area contributed by atoms with Crippen LogP contribution in [0.25, 0.3) is 11.0 Å². The molecule has 2 aromatic carbocycles. The number of imidazole rings is 1. The fraction of sp³-hybridized carbons (Fsp3) is 0.409. The molecule has 3 aromatic rings. The number of nitrogens with zero attached hydrogens (tertiary/aromatic N) is 4. The van der Waals surface area contributed by atoms with E-state index in [1.807, 2.05) is 6.92 Å². The van der Waals surface area contributed by atoms with Crippen LogP contribution in [0.3, 0.4) is 0 Å². The molecule has 4 rings (SSSR count). The van der Waals surface area contributed by atoms with E-state index < -0.39 is 0 Å². The maximum absolute atomic E-state index is 5.61. The average molecular weight is 364 g/mol. The van der Waals surface area contributed by atoms with Gasteiger partial charge >= 0.3 is 0 Å². The predicted molar refractivity (Wildman–Crippen MR) is 112 cm³/mol. The van der Waals surface area contributed by atoms with Crippen molar-refractivity contribution in [2.75, 3.05) is 49.2 Å². The lowest BCUT2D eigenvalue weighted by molar-refractivity contribution is 0.140. The lowest BCUT2D eigenvalue weighted by Crippen LogP contribution is -2.47. The van der Waals surface area contributed by atoms with E-state index >= 15 is 0 Å². The van der Waals surface area contributed by atoms with E-state index in [2.05, 4.69) is 69.8 Å². The molecular formula is C22H28N4O. The first kappa shape index (κ1) is 17.9. The Morgan fingerprint density at radius 3 is 2.41 bits per heavy atom. The molecule has 27 heavy (non-hydrogen) atoms. The molecule has 0 spiro atoms. The number of hydrogen-bond acceptors (Lipinski definition) is 4. The summed E-state index contributed by atoms with van der Waals surface area (Å²) in [5.74, 6) is 1.07. The molecule has 0 aliphatic carbocycles. The van der Waals surface area contributed by atoms with Crippen molar-refractivity contribution in [3.05, 3.63) is 54.1 Å². The lowest BCUT2D eigenvalue weighted by Gasteiger charge is -2.37. The molecule has 1 aliphatic rings. The number of benzene rings is 2. The second-order valence-electron chi connectivity index (χ2n) is 7.01. The van der Waals surface area contributed by atoms with E-state index in [1.54, 1.807) is 0 Å². The summed E-state index contributed by atoms with van der Waals surface area (Å²) in [5.41, 5.74) is 4.94. The number of hydrogen-bond donors (Lipinski definition) is 0. The molecule has 142 valence electrons. The van der Waals surface area contributed by atoms with Crippen molar-refractivity contribution in [3.63, 3.8) is 0 Å². The number of aryl methyl sites for hydroxylation is 1. The van der Waals surface area contributed by atoms with Crippen molar-refractivity contribution in [2.45, 2.75) is 20.4 Å². The first-order valence-corrected chi connectivity index (χ1v) is 9.86. The summed E-state index contributed by atoms with van der Waals surface area (Å²) in [4.78, 5) is 9.85. The SMILES string of the molecule is CCOCCn1c(N2CCN(c3ccccc3C)CC2)nc2ccccc21. The van der Waals surface area contributed by atoms with Crippen LogP contribution in [-0.2, 0) is 11.3 Å². The van der Waals surface area contributed by atoms with Crippen molar-refractivity contribution in [1.29, 1.82) is 0 Å². The second-order valence-corrected chi connectivity index (χ2v) is 7.01. The Morgan fingerprint density at radius 2 is 1.63 bits per heavy atom. The van der Waals surface area contributed by atoms with E-state index in [4.69, 9.17) is 9.72 Å². The Kier molecular flexibility index (Phi) is 5.30. The van der Waals surface area contributed by atoms with Crippen LogP contribution in [0.2, 0.25) is 0 Å². The van der Waals surface area contributed by atoms with Crippen LogP contribution in [0.1, 0.15) is 12.5 Å². The number of ether oxygens (including phenoxy) is 1. The number of para-hydroxylation sites is 3. The topological polar surface area (TPSA) is 33.5 Å². The van der Waals surface area contributed by atoms with Gasteiger partial charge in [0, 0.05) is 45.0 Å². The molecule has 0 saturated carbocycles. The molecule has 5 heteroatoms. The fourth-order valence-electron chi connectivity index (χ4n) is 3.89. The minimum absolute atomic E-state index is 0.715. The average Bonchev–Trinajstić information content (AvgIpc) is 3.08. The molecular weight excluding hydrogens is 336 g/mol. The molecule has 1 aromatic heterocycles. The maximum Gasteiger partial charge on any atom is 0.206 e. The van der Waals surface area contributed by atoms with Gasteiger partial charge in [0.1, 0.15) is 0 Å². The second kappa shape index (κ2) is 8.01. The summed E-state index contributed by atoms with van der Waals surface area (Å²) in [6.07, 6.45) is 0. The summed E-state index contributed by atoms with van der Waals surface area (Å²) in [6.45, 7) is 10.5. The van der Waals surface area contributed by atoms with Crippen molar-refractivity contribution in [1.82, 2.24) is 9.55 Å². The number of aromatic nitrogens is 2. The Morgan fingerprint density at radius 1 is 0.926 bits per heavy atom. The van der Waals surface area contributed by atoms with Crippen molar-refractivity contribution >= 4 is 22.7 Å². The van der Waals surface area contributed by atoms with Crippen LogP contribution in [0.15, 0.2) is 48.5 Å². The smallest absolute Gasteiger partial charge is 0.206 e. The zero-order valence-corrected chi connectivity index (χ0v) is 16.3. The Balaban J connectivity index is 1.54. The molecule has 0 bridgehead atoms. The normalized spacial score (nSPS) is 14.9. The first-order chi connectivity index (χ1) is 13.3. The molecule has 1 saturated heterocycles. The first-order valence-electron chi connectivity index (χ1n) is 9.86. The van der Waals surface area contributed by atoms with Gasteiger partial charge in [-0.15, -0.1) is 0 Å². The third kappa shape index (κ3) is 3.65. The Labute approximate surface area is 161 Å². The van der Waals surface area contributed by atoms with E-state index in [-0.39, 0.29) is 0 Å². The Bertz CT molecular complexity index is 896. The largest absolute Gasteiger partial charge is 0.380 e. The van der Waals surface area contributed by atoms with Crippen molar-refractivity contribution in [3.8, 4) is 0 Å². The number of fused-ring (bicyclic) bond motifs is 1. The molecule has 0 amide bonds. The quantitative estimate of drug-likeness (QED) is 0.625. The number of piperazine rings is 1. The van der Waals surface area contributed by atoms with Crippen LogP contribution in [-0.4, -0.2) is 48.9 Å². The van der Waals surface area contributed by atoms with Gasteiger partial charge in [-0.05, 0) is 37.6 Å². The summed E-state index contributed by atoms with van der Waals surface area (Å²) in [5, 5.41) is 0. The lowest BCUT2D eigenvalue weighted by atomic mass is 10.1. The monoisotopic (exact) mass is 364 g/mol. The third-order valence-corrected chi connectivity index (χ3v) is 5.32. The highest BCUT2D eigenvalue weighted by Crippen LogP contribution is 2.26. The summed E-state index contributed by atoms with van der Waals surface area (Å²) < 4.78 is 7.92. The van der Waals surface area contributed by atoms with Gasteiger partial charge in [-0.1, -0.05) is 30.3 Å².